The van der Waals surface area contributed by atoms with E-state index >= 15 is 0 Å². The summed E-state index contributed by atoms with van der Waals surface area (Å²) in [7, 11) is 0. The van der Waals surface area contributed by atoms with Crippen molar-refractivity contribution in [3.05, 3.63) is 175 Å². The molecule has 0 amide bonds. The number of benzene rings is 8. The summed E-state index contributed by atoms with van der Waals surface area (Å²) in [5.41, 5.74) is 14.7. The number of aromatic nitrogens is 2. The van der Waals surface area contributed by atoms with Crippen LogP contribution in [0.4, 0.5) is 17.1 Å². The minimum Gasteiger partial charge on any atom is -0.310 e. The van der Waals surface area contributed by atoms with Crippen molar-refractivity contribution < 1.29 is 0 Å². The fourth-order valence-electron chi connectivity index (χ4n) is 9.91. The standard InChI is InChI=1S/C52H33N3S2/c1-52(2)41-17-9-6-14-34(41)35-23-20-32(27-42(35)52)54(33-21-24-38-37-16-8-11-19-46(37)56-47(38)28-33)31-22-25-45-40(26-31)48-49-39(36-15-7-10-18-44(36)55(45)49)29-43-50(48)57-51(53-43)30-12-4-3-5-13-30/h3-29H,1-2H3. The number of fused-ring (bicyclic) bond motifs is 14. The summed E-state index contributed by atoms with van der Waals surface area (Å²) < 4.78 is 6.33. The number of thiazole rings is 1. The highest BCUT2D eigenvalue weighted by Gasteiger charge is 2.36. The van der Waals surface area contributed by atoms with Crippen LogP contribution in [-0.4, -0.2) is 9.38 Å². The molecule has 0 fully saturated rings. The van der Waals surface area contributed by atoms with Crippen LogP contribution in [0.1, 0.15) is 25.0 Å². The molecule has 1 aliphatic rings. The smallest absolute Gasteiger partial charge is 0.124 e. The number of nitrogens with zero attached hydrogens (tertiary/aromatic N) is 3. The molecule has 0 saturated heterocycles. The van der Waals surface area contributed by atoms with Crippen LogP contribution in [0.2, 0.25) is 0 Å². The van der Waals surface area contributed by atoms with E-state index in [0.717, 1.165) is 33.1 Å². The van der Waals surface area contributed by atoms with Gasteiger partial charge in [-0.25, -0.2) is 4.98 Å². The summed E-state index contributed by atoms with van der Waals surface area (Å²) >= 11 is 3.68. The van der Waals surface area contributed by atoms with E-state index in [0.29, 0.717) is 0 Å². The molecule has 4 heterocycles. The summed E-state index contributed by atoms with van der Waals surface area (Å²) in [5, 5.41) is 8.71. The molecule has 8 aromatic carbocycles. The number of para-hydroxylation sites is 1. The summed E-state index contributed by atoms with van der Waals surface area (Å²) in [6.07, 6.45) is 0. The molecule has 4 aromatic heterocycles. The summed E-state index contributed by atoms with van der Waals surface area (Å²) in [5.74, 6) is 0. The number of rotatable bonds is 4. The molecule has 12 aromatic rings. The van der Waals surface area contributed by atoms with Gasteiger partial charge in [-0.2, -0.15) is 0 Å². The Hall–Kier alpha value is -6.53. The monoisotopic (exact) mass is 763 g/mol. The lowest BCUT2D eigenvalue weighted by atomic mass is 9.82. The predicted molar refractivity (Wildman–Crippen MR) is 245 cm³/mol. The van der Waals surface area contributed by atoms with E-state index in [4.69, 9.17) is 4.98 Å². The third-order valence-corrected chi connectivity index (χ3v) is 14.8. The highest BCUT2D eigenvalue weighted by molar-refractivity contribution is 7.25. The second-order valence-corrected chi connectivity index (χ2v) is 18.0. The molecule has 13 rings (SSSR count). The molecule has 0 unspecified atom stereocenters. The zero-order valence-electron chi connectivity index (χ0n) is 31.2. The zero-order chi connectivity index (χ0) is 37.6. The predicted octanol–water partition coefficient (Wildman–Crippen LogP) is 15.3. The number of anilines is 3. The normalized spacial score (nSPS) is 13.6. The van der Waals surface area contributed by atoms with Gasteiger partial charge in [0, 0.05) is 69.8 Å². The van der Waals surface area contributed by atoms with E-state index in [1.807, 2.05) is 11.3 Å². The Labute approximate surface area is 336 Å². The highest BCUT2D eigenvalue weighted by Crippen LogP contribution is 2.52. The average Bonchev–Trinajstić information content (AvgIpc) is 4.05. The van der Waals surface area contributed by atoms with Crippen LogP contribution >= 0.6 is 22.7 Å². The molecule has 268 valence electrons. The molecular weight excluding hydrogens is 731 g/mol. The highest BCUT2D eigenvalue weighted by atomic mass is 32.1. The van der Waals surface area contributed by atoms with Gasteiger partial charge in [0.2, 0.25) is 0 Å². The van der Waals surface area contributed by atoms with Crippen molar-refractivity contribution in [3.63, 3.8) is 0 Å². The SMILES string of the molecule is CC1(C)c2ccccc2-c2ccc(N(c3ccc4c(c3)sc3ccccc34)c3ccc4c(c3)c3c5sc(-c6ccccc6)nc5cc5c6ccccc6n4c53)cc21. The fraction of sp³-hybridized carbons (Fsp3) is 0.0577. The molecule has 0 bridgehead atoms. The van der Waals surface area contributed by atoms with Crippen molar-refractivity contribution in [3.8, 4) is 21.7 Å². The Kier molecular flexibility index (Phi) is 6.27. The molecule has 3 nitrogen and oxygen atoms in total. The maximum absolute atomic E-state index is 5.29. The van der Waals surface area contributed by atoms with E-state index in [9.17, 15) is 0 Å². The molecule has 0 aliphatic heterocycles. The minimum absolute atomic E-state index is 0.116. The summed E-state index contributed by atoms with van der Waals surface area (Å²) in [6, 6.07) is 60.7. The Morgan fingerprint density at radius 2 is 1.19 bits per heavy atom. The third-order valence-electron chi connectivity index (χ3n) is 12.5. The number of hydrogen-bond acceptors (Lipinski definition) is 4. The Bertz CT molecular complexity index is 3620. The van der Waals surface area contributed by atoms with Crippen molar-refractivity contribution in [2.75, 3.05) is 4.90 Å². The molecule has 1 aliphatic carbocycles. The molecule has 0 N–H and O–H groups in total. The van der Waals surface area contributed by atoms with Gasteiger partial charge in [-0.1, -0.05) is 117 Å². The molecule has 0 saturated carbocycles. The lowest BCUT2D eigenvalue weighted by molar-refractivity contribution is 0.660. The zero-order valence-corrected chi connectivity index (χ0v) is 32.9. The summed E-state index contributed by atoms with van der Waals surface area (Å²) in [6.45, 7) is 4.74. The first-order chi connectivity index (χ1) is 28.0. The van der Waals surface area contributed by atoms with E-state index in [1.165, 1.54) is 85.2 Å². The quantitative estimate of drug-likeness (QED) is 0.178. The van der Waals surface area contributed by atoms with Crippen LogP contribution in [0, 0.1) is 0 Å². The van der Waals surface area contributed by atoms with Crippen LogP contribution < -0.4 is 4.90 Å². The van der Waals surface area contributed by atoms with Gasteiger partial charge in [-0.3, -0.25) is 0 Å². The molecular formula is C52H33N3S2. The largest absolute Gasteiger partial charge is 0.310 e. The molecule has 0 spiro atoms. The van der Waals surface area contributed by atoms with Crippen molar-refractivity contribution in [2.45, 2.75) is 19.3 Å². The lowest BCUT2D eigenvalue weighted by Crippen LogP contribution is -2.16. The lowest BCUT2D eigenvalue weighted by Gasteiger charge is -2.28. The van der Waals surface area contributed by atoms with Crippen LogP contribution in [0.25, 0.3) is 90.2 Å². The van der Waals surface area contributed by atoms with Crippen molar-refractivity contribution >= 4 is 108 Å². The van der Waals surface area contributed by atoms with Crippen molar-refractivity contribution in [1.82, 2.24) is 9.38 Å². The molecule has 0 radical (unpaired) electrons. The minimum atomic E-state index is -0.116. The maximum Gasteiger partial charge on any atom is 0.124 e. The van der Waals surface area contributed by atoms with Gasteiger partial charge in [0.15, 0.2) is 0 Å². The second-order valence-electron chi connectivity index (χ2n) is 15.9. The van der Waals surface area contributed by atoms with Gasteiger partial charge in [0.1, 0.15) is 5.01 Å². The molecule has 0 atom stereocenters. The fourth-order valence-corrected chi connectivity index (χ4v) is 12.2. The van der Waals surface area contributed by atoms with Crippen LogP contribution in [0.5, 0.6) is 0 Å². The van der Waals surface area contributed by atoms with Crippen molar-refractivity contribution in [1.29, 1.82) is 0 Å². The molecule has 57 heavy (non-hydrogen) atoms. The number of hydrogen-bond donors (Lipinski definition) is 0. The van der Waals surface area contributed by atoms with Gasteiger partial charge in [-0.05, 0) is 82.9 Å². The Morgan fingerprint density at radius 1 is 0.509 bits per heavy atom. The van der Waals surface area contributed by atoms with Gasteiger partial charge in [0.05, 0.1) is 26.8 Å². The first-order valence-corrected chi connectivity index (χ1v) is 21.2. The van der Waals surface area contributed by atoms with Crippen LogP contribution in [0.3, 0.4) is 0 Å². The van der Waals surface area contributed by atoms with E-state index in [1.54, 1.807) is 11.3 Å². The first kappa shape index (κ1) is 31.7. The summed E-state index contributed by atoms with van der Waals surface area (Å²) in [4.78, 5) is 7.77. The average molecular weight is 764 g/mol. The van der Waals surface area contributed by atoms with Gasteiger partial charge >= 0.3 is 0 Å². The topological polar surface area (TPSA) is 20.5 Å². The van der Waals surface area contributed by atoms with Crippen LogP contribution in [0.15, 0.2) is 164 Å². The van der Waals surface area contributed by atoms with E-state index in [-0.39, 0.29) is 5.41 Å². The Morgan fingerprint density at radius 3 is 2.11 bits per heavy atom. The van der Waals surface area contributed by atoms with Crippen molar-refractivity contribution in [2.24, 2.45) is 0 Å². The van der Waals surface area contributed by atoms with Gasteiger partial charge < -0.3 is 9.30 Å². The van der Waals surface area contributed by atoms with Crippen LogP contribution in [-0.2, 0) is 5.41 Å². The van der Waals surface area contributed by atoms with E-state index in [2.05, 4.69) is 187 Å². The number of thiophene rings is 1. The van der Waals surface area contributed by atoms with Gasteiger partial charge in [-0.15, -0.1) is 22.7 Å². The van der Waals surface area contributed by atoms with Gasteiger partial charge in [0.25, 0.3) is 0 Å². The first-order valence-electron chi connectivity index (χ1n) is 19.5. The Balaban J connectivity index is 1.10. The second kappa shape index (κ2) is 11.3. The third kappa shape index (κ3) is 4.28. The van der Waals surface area contributed by atoms with E-state index < -0.39 is 0 Å². The maximum atomic E-state index is 5.29. The molecule has 5 heteroatoms.